The summed E-state index contributed by atoms with van der Waals surface area (Å²) >= 11 is 0. The van der Waals surface area contributed by atoms with Crippen molar-refractivity contribution < 1.29 is 4.79 Å². The van der Waals surface area contributed by atoms with Gasteiger partial charge < -0.3 is 5.73 Å². The van der Waals surface area contributed by atoms with Gasteiger partial charge in [-0.05, 0) is 35.0 Å². The van der Waals surface area contributed by atoms with Gasteiger partial charge in [0.25, 0.3) is 0 Å². The van der Waals surface area contributed by atoms with Crippen molar-refractivity contribution in [2.75, 3.05) is 0 Å². The van der Waals surface area contributed by atoms with E-state index in [1.165, 1.54) is 11.1 Å². The largest absolute Gasteiger partial charge is 0.366 e. The molecule has 0 aromatic heterocycles. The minimum absolute atomic E-state index is 0.204. The molecule has 2 N–H and O–H groups in total. The third-order valence-electron chi connectivity index (χ3n) is 3.02. The van der Waals surface area contributed by atoms with Gasteiger partial charge in [-0.2, -0.15) is 0 Å². The molecular weight excluding hydrogens is 198 g/mol. The summed E-state index contributed by atoms with van der Waals surface area (Å²) < 4.78 is 0. The zero-order valence-corrected chi connectivity index (χ0v) is 9.79. The van der Waals surface area contributed by atoms with Crippen LogP contribution in [-0.2, 0) is 11.2 Å². The maximum atomic E-state index is 11.0. The van der Waals surface area contributed by atoms with Crippen molar-refractivity contribution in [1.29, 1.82) is 0 Å². The van der Waals surface area contributed by atoms with Crippen molar-refractivity contribution in [3.63, 3.8) is 0 Å². The van der Waals surface area contributed by atoms with Crippen LogP contribution in [0.15, 0.2) is 30.3 Å². The Bertz CT molecular complexity index is 458. The lowest BCUT2D eigenvalue weighted by Crippen LogP contribution is -2.22. The highest BCUT2D eigenvalue weighted by atomic mass is 16.1. The fraction of sp³-hybridized carbons (Fsp3) is 0.357. The van der Waals surface area contributed by atoms with Gasteiger partial charge in [0.05, 0.1) is 0 Å². The fourth-order valence-corrected chi connectivity index (χ4v) is 2.48. The molecule has 1 amide bonds. The molecule has 2 rings (SSSR count). The lowest BCUT2D eigenvalue weighted by Gasteiger charge is -2.33. The average Bonchev–Trinajstić information content (AvgIpc) is 2.14. The molecule has 0 bridgehead atoms. The van der Waals surface area contributed by atoms with E-state index in [0.29, 0.717) is 0 Å². The molecule has 2 nitrogen and oxygen atoms in total. The summed E-state index contributed by atoms with van der Waals surface area (Å²) in [5, 5.41) is 0. The second-order valence-corrected chi connectivity index (χ2v) is 5.25. The van der Waals surface area contributed by atoms with Crippen molar-refractivity contribution in [3.8, 4) is 0 Å². The molecule has 0 aliphatic heterocycles. The Kier molecular flexibility index (Phi) is 2.58. The number of carbonyl (C=O) groups is 1. The summed E-state index contributed by atoms with van der Waals surface area (Å²) in [6.07, 6.45) is 3.53. The molecule has 84 valence electrons. The molecule has 0 fully saturated rings. The first-order chi connectivity index (χ1) is 7.48. The van der Waals surface area contributed by atoms with Crippen LogP contribution in [0.2, 0.25) is 0 Å². The SMILES string of the molecule is CC1(C)C/C(=C\C(N)=O)c2ccccc2C1. The van der Waals surface area contributed by atoms with E-state index in [1.54, 1.807) is 6.08 Å². The third-order valence-corrected chi connectivity index (χ3v) is 3.02. The van der Waals surface area contributed by atoms with Gasteiger partial charge in [0.1, 0.15) is 0 Å². The molecule has 1 aromatic rings. The topological polar surface area (TPSA) is 43.1 Å². The van der Waals surface area contributed by atoms with E-state index in [0.717, 1.165) is 18.4 Å². The number of hydrogen-bond acceptors (Lipinski definition) is 1. The number of hydrogen-bond donors (Lipinski definition) is 1. The second-order valence-electron chi connectivity index (χ2n) is 5.25. The van der Waals surface area contributed by atoms with Gasteiger partial charge >= 0.3 is 0 Å². The van der Waals surface area contributed by atoms with Crippen LogP contribution >= 0.6 is 0 Å². The van der Waals surface area contributed by atoms with Crippen LogP contribution in [0.4, 0.5) is 0 Å². The van der Waals surface area contributed by atoms with Crippen LogP contribution < -0.4 is 5.73 Å². The van der Waals surface area contributed by atoms with Gasteiger partial charge in [-0.1, -0.05) is 38.1 Å². The predicted octanol–water partition coefficient (Wildman–Crippen LogP) is 2.53. The number of primary amides is 1. The monoisotopic (exact) mass is 215 g/mol. The molecule has 0 spiro atoms. The molecule has 0 saturated carbocycles. The summed E-state index contributed by atoms with van der Waals surface area (Å²) in [6, 6.07) is 8.25. The Balaban J connectivity index is 2.52. The number of rotatable bonds is 1. The van der Waals surface area contributed by atoms with Crippen molar-refractivity contribution in [3.05, 3.63) is 41.5 Å². The first kappa shape index (κ1) is 10.9. The van der Waals surface area contributed by atoms with Gasteiger partial charge in [-0.15, -0.1) is 0 Å². The number of fused-ring (bicyclic) bond motifs is 1. The summed E-state index contributed by atoms with van der Waals surface area (Å²) in [6.45, 7) is 4.44. The van der Waals surface area contributed by atoms with E-state index in [4.69, 9.17) is 5.73 Å². The number of carbonyl (C=O) groups excluding carboxylic acids is 1. The molecule has 0 radical (unpaired) electrons. The standard InChI is InChI=1S/C14H17NO/c1-14(2)8-10-5-3-4-6-12(10)11(9-14)7-13(15)16/h3-7H,8-9H2,1-2H3,(H2,15,16)/b11-7+. The van der Waals surface area contributed by atoms with Gasteiger partial charge in [-0.3, -0.25) is 4.79 Å². The minimum atomic E-state index is -0.359. The zero-order valence-electron chi connectivity index (χ0n) is 9.79. The molecule has 0 saturated heterocycles. The Hall–Kier alpha value is -1.57. The van der Waals surface area contributed by atoms with Gasteiger partial charge in [-0.25, -0.2) is 0 Å². The van der Waals surface area contributed by atoms with Crippen LogP contribution in [0.5, 0.6) is 0 Å². The van der Waals surface area contributed by atoms with E-state index in [1.807, 2.05) is 12.1 Å². The second kappa shape index (κ2) is 3.78. The van der Waals surface area contributed by atoms with E-state index in [9.17, 15) is 4.79 Å². The Morgan fingerprint density at radius 2 is 2.00 bits per heavy atom. The summed E-state index contributed by atoms with van der Waals surface area (Å²) in [5.74, 6) is -0.359. The quantitative estimate of drug-likeness (QED) is 0.719. The molecule has 0 atom stereocenters. The zero-order chi connectivity index (χ0) is 11.8. The summed E-state index contributed by atoms with van der Waals surface area (Å²) in [4.78, 5) is 11.0. The number of allylic oxidation sites excluding steroid dienone is 1. The highest BCUT2D eigenvalue weighted by Crippen LogP contribution is 2.41. The van der Waals surface area contributed by atoms with Crippen molar-refractivity contribution >= 4 is 11.5 Å². The smallest absolute Gasteiger partial charge is 0.241 e. The Labute approximate surface area is 96.2 Å². The first-order valence-electron chi connectivity index (χ1n) is 5.56. The highest BCUT2D eigenvalue weighted by Gasteiger charge is 2.28. The lowest BCUT2D eigenvalue weighted by molar-refractivity contribution is -0.113. The molecule has 1 aromatic carbocycles. The number of amides is 1. The minimum Gasteiger partial charge on any atom is -0.366 e. The predicted molar refractivity (Wildman–Crippen MR) is 65.7 cm³/mol. The maximum absolute atomic E-state index is 11.0. The third kappa shape index (κ3) is 2.16. The fourth-order valence-electron chi connectivity index (χ4n) is 2.48. The van der Waals surface area contributed by atoms with E-state index in [2.05, 4.69) is 26.0 Å². The van der Waals surface area contributed by atoms with Crippen LogP contribution in [0.25, 0.3) is 5.57 Å². The van der Waals surface area contributed by atoms with Crippen molar-refractivity contribution in [1.82, 2.24) is 0 Å². The van der Waals surface area contributed by atoms with Crippen molar-refractivity contribution in [2.45, 2.75) is 26.7 Å². The molecule has 0 heterocycles. The molecule has 2 heteroatoms. The molecule has 1 aliphatic carbocycles. The highest BCUT2D eigenvalue weighted by molar-refractivity contribution is 5.94. The molecule has 16 heavy (non-hydrogen) atoms. The van der Waals surface area contributed by atoms with Crippen LogP contribution in [0.1, 0.15) is 31.4 Å². The van der Waals surface area contributed by atoms with Gasteiger partial charge in [0, 0.05) is 6.08 Å². The van der Waals surface area contributed by atoms with E-state index in [-0.39, 0.29) is 11.3 Å². The Morgan fingerprint density at radius 3 is 2.69 bits per heavy atom. The Morgan fingerprint density at radius 1 is 1.31 bits per heavy atom. The molecule has 0 unspecified atom stereocenters. The summed E-state index contributed by atoms with van der Waals surface area (Å²) in [5.41, 5.74) is 9.02. The summed E-state index contributed by atoms with van der Waals surface area (Å²) in [7, 11) is 0. The van der Waals surface area contributed by atoms with Crippen molar-refractivity contribution in [2.24, 2.45) is 11.1 Å². The maximum Gasteiger partial charge on any atom is 0.241 e. The lowest BCUT2D eigenvalue weighted by atomic mass is 9.72. The van der Waals surface area contributed by atoms with Crippen LogP contribution in [0, 0.1) is 5.41 Å². The number of nitrogens with two attached hydrogens (primary N) is 1. The van der Waals surface area contributed by atoms with E-state index < -0.39 is 0 Å². The van der Waals surface area contributed by atoms with Crippen LogP contribution in [-0.4, -0.2) is 5.91 Å². The van der Waals surface area contributed by atoms with Crippen LogP contribution in [0.3, 0.4) is 0 Å². The van der Waals surface area contributed by atoms with Gasteiger partial charge in [0.15, 0.2) is 0 Å². The van der Waals surface area contributed by atoms with E-state index >= 15 is 0 Å². The number of benzene rings is 1. The molecular formula is C14H17NO. The normalized spacial score (nSPS) is 20.5. The van der Waals surface area contributed by atoms with Gasteiger partial charge in [0.2, 0.25) is 5.91 Å². The first-order valence-corrected chi connectivity index (χ1v) is 5.56. The average molecular weight is 215 g/mol. The molecule has 1 aliphatic rings.